The summed E-state index contributed by atoms with van der Waals surface area (Å²) in [6.07, 6.45) is 1.52. The highest BCUT2D eigenvalue weighted by Gasteiger charge is 2.13. The first-order chi connectivity index (χ1) is 9.02. The highest BCUT2D eigenvalue weighted by Crippen LogP contribution is 2.24. The van der Waals surface area contributed by atoms with Crippen molar-refractivity contribution in [3.8, 4) is 0 Å². The van der Waals surface area contributed by atoms with Crippen LogP contribution in [0.15, 0.2) is 18.2 Å². The highest BCUT2D eigenvalue weighted by molar-refractivity contribution is 6.03. The van der Waals surface area contributed by atoms with Gasteiger partial charge in [-0.3, -0.25) is 4.98 Å². The summed E-state index contributed by atoms with van der Waals surface area (Å²) in [6, 6.07) is 5.57. The normalized spacial score (nSPS) is 10.9. The van der Waals surface area contributed by atoms with Gasteiger partial charge in [-0.05, 0) is 50.9 Å². The topological polar surface area (TPSA) is 76.2 Å². The molecule has 0 unspecified atom stereocenters. The molecule has 0 amide bonds. The number of pyridine rings is 1. The maximum Gasteiger partial charge on any atom is 0.336 e. The maximum absolute atomic E-state index is 11.4. The predicted molar refractivity (Wildman–Crippen MR) is 75.6 cm³/mol. The van der Waals surface area contributed by atoms with E-state index >= 15 is 0 Å². The van der Waals surface area contributed by atoms with Crippen LogP contribution in [0.3, 0.4) is 0 Å². The lowest BCUT2D eigenvalue weighted by Crippen LogP contribution is -2.06. The molecule has 2 aromatic rings. The van der Waals surface area contributed by atoms with Gasteiger partial charge in [0, 0.05) is 11.1 Å². The van der Waals surface area contributed by atoms with Gasteiger partial charge in [0.2, 0.25) is 0 Å². The van der Waals surface area contributed by atoms with Crippen molar-refractivity contribution in [2.75, 3.05) is 6.54 Å². The molecule has 0 aliphatic heterocycles. The average molecular weight is 258 g/mol. The lowest BCUT2D eigenvalue weighted by molar-refractivity contribution is 0.0699. The number of aromatic nitrogens is 1. The molecule has 100 valence electrons. The molecular formula is C15H18N2O2. The quantitative estimate of drug-likeness (QED) is 0.883. The minimum Gasteiger partial charge on any atom is -0.478 e. The smallest absolute Gasteiger partial charge is 0.336 e. The van der Waals surface area contributed by atoms with Gasteiger partial charge in [0.15, 0.2) is 0 Å². The molecule has 19 heavy (non-hydrogen) atoms. The number of aryl methyl sites for hydroxylation is 3. The first-order valence-electron chi connectivity index (χ1n) is 6.37. The zero-order valence-electron chi connectivity index (χ0n) is 11.2. The Morgan fingerprint density at radius 2 is 2.05 bits per heavy atom. The summed E-state index contributed by atoms with van der Waals surface area (Å²) in [6.45, 7) is 4.50. The van der Waals surface area contributed by atoms with Gasteiger partial charge in [-0.1, -0.05) is 11.6 Å². The molecular weight excluding hydrogens is 240 g/mol. The van der Waals surface area contributed by atoms with Gasteiger partial charge in [0.05, 0.1) is 11.1 Å². The fourth-order valence-corrected chi connectivity index (χ4v) is 2.32. The second kappa shape index (κ2) is 5.36. The molecule has 0 aliphatic rings. The lowest BCUT2D eigenvalue weighted by Gasteiger charge is -2.10. The standard InChI is InChI=1S/C15H18N2O2/c1-9-6-10(2)14-12(7-9)13(15(18)19)8-11(17-14)4-3-5-16/h6-8H,3-5,16H2,1-2H3,(H,18,19). The van der Waals surface area contributed by atoms with E-state index in [0.29, 0.717) is 23.9 Å². The van der Waals surface area contributed by atoms with E-state index in [1.165, 1.54) is 0 Å². The number of benzene rings is 1. The molecule has 0 saturated carbocycles. The second-order valence-electron chi connectivity index (χ2n) is 4.84. The van der Waals surface area contributed by atoms with Crippen molar-refractivity contribution < 1.29 is 9.90 Å². The van der Waals surface area contributed by atoms with E-state index in [4.69, 9.17) is 5.73 Å². The average Bonchev–Trinajstić information content (AvgIpc) is 2.35. The van der Waals surface area contributed by atoms with E-state index in [0.717, 1.165) is 28.8 Å². The summed E-state index contributed by atoms with van der Waals surface area (Å²) in [5.74, 6) is -0.911. The minimum absolute atomic E-state index is 0.323. The molecule has 0 fully saturated rings. The number of carbonyl (C=O) groups is 1. The molecule has 4 nitrogen and oxygen atoms in total. The molecule has 4 heteroatoms. The van der Waals surface area contributed by atoms with Crippen LogP contribution in [0.1, 0.15) is 33.6 Å². The number of carboxylic acid groups (broad SMARTS) is 1. The van der Waals surface area contributed by atoms with Gasteiger partial charge in [0.1, 0.15) is 0 Å². The van der Waals surface area contributed by atoms with Crippen molar-refractivity contribution in [3.63, 3.8) is 0 Å². The first-order valence-corrected chi connectivity index (χ1v) is 6.37. The van der Waals surface area contributed by atoms with Crippen molar-refractivity contribution in [3.05, 3.63) is 40.6 Å². The van der Waals surface area contributed by atoms with Gasteiger partial charge in [-0.2, -0.15) is 0 Å². The fourth-order valence-electron chi connectivity index (χ4n) is 2.32. The zero-order valence-corrected chi connectivity index (χ0v) is 11.2. The van der Waals surface area contributed by atoms with Crippen LogP contribution in [-0.2, 0) is 6.42 Å². The number of hydrogen-bond acceptors (Lipinski definition) is 3. The third-order valence-corrected chi connectivity index (χ3v) is 3.17. The third kappa shape index (κ3) is 2.74. The van der Waals surface area contributed by atoms with E-state index in [2.05, 4.69) is 4.98 Å². The molecule has 0 spiro atoms. The summed E-state index contributed by atoms with van der Waals surface area (Å²) in [5.41, 5.74) is 9.44. The summed E-state index contributed by atoms with van der Waals surface area (Å²) in [7, 11) is 0. The van der Waals surface area contributed by atoms with Gasteiger partial charge >= 0.3 is 5.97 Å². The molecule has 3 N–H and O–H groups in total. The zero-order chi connectivity index (χ0) is 14.0. The Morgan fingerprint density at radius 1 is 1.32 bits per heavy atom. The number of nitrogens with two attached hydrogens (primary N) is 1. The van der Waals surface area contributed by atoms with Crippen LogP contribution in [0.2, 0.25) is 0 Å². The number of fused-ring (bicyclic) bond motifs is 1. The maximum atomic E-state index is 11.4. The molecule has 0 saturated heterocycles. The largest absolute Gasteiger partial charge is 0.478 e. The van der Waals surface area contributed by atoms with Gasteiger partial charge < -0.3 is 10.8 Å². The Balaban J connectivity index is 2.68. The number of rotatable bonds is 4. The second-order valence-corrected chi connectivity index (χ2v) is 4.84. The Kier molecular flexibility index (Phi) is 3.81. The molecule has 1 heterocycles. The van der Waals surface area contributed by atoms with Crippen LogP contribution in [0, 0.1) is 13.8 Å². The van der Waals surface area contributed by atoms with E-state index in [1.54, 1.807) is 6.07 Å². The Hall–Kier alpha value is -1.94. The molecule has 1 aromatic carbocycles. The fraction of sp³-hybridized carbons (Fsp3) is 0.333. The Bertz CT molecular complexity index is 636. The van der Waals surface area contributed by atoms with Gasteiger partial charge in [-0.25, -0.2) is 4.79 Å². The van der Waals surface area contributed by atoms with Crippen molar-refractivity contribution in [1.29, 1.82) is 0 Å². The van der Waals surface area contributed by atoms with Crippen molar-refractivity contribution in [2.45, 2.75) is 26.7 Å². The minimum atomic E-state index is -0.911. The Morgan fingerprint density at radius 3 is 2.68 bits per heavy atom. The third-order valence-electron chi connectivity index (χ3n) is 3.17. The lowest BCUT2D eigenvalue weighted by atomic mass is 10.0. The number of aromatic carboxylic acids is 1. The van der Waals surface area contributed by atoms with E-state index in [1.807, 2.05) is 26.0 Å². The van der Waals surface area contributed by atoms with E-state index < -0.39 is 5.97 Å². The predicted octanol–water partition coefficient (Wildman–Crippen LogP) is 2.44. The van der Waals surface area contributed by atoms with Crippen LogP contribution in [-0.4, -0.2) is 22.6 Å². The molecule has 1 aromatic heterocycles. The van der Waals surface area contributed by atoms with Gasteiger partial charge in [0.25, 0.3) is 0 Å². The van der Waals surface area contributed by atoms with Crippen molar-refractivity contribution >= 4 is 16.9 Å². The van der Waals surface area contributed by atoms with Gasteiger partial charge in [-0.15, -0.1) is 0 Å². The number of nitrogens with zero attached hydrogens (tertiary/aromatic N) is 1. The highest BCUT2D eigenvalue weighted by atomic mass is 16.4. The summed E-state index contributed by atoms with van der Waals surface area (Å²) in [4.78, 5) is 16.0. The van der Waals surface area contributed by atoms with Crippen LogP contribution in [0.5, 0.6) is 0 Å². The first kappa shape index (κ1) is 13.5. The summed E-state index contributed by atoms with van der Waals surface area (Å²) in [5, 5.41) is 10.1. The van der Waals surface area contributed by atoms with Crippen molar-refractivity contribution in [1.82, 2.24) is 4.98 Å². The molecule has 2 rings (SSSR count). The number of carboxylic acids is 1. The van der Waals surface area contributed by atoms with Crippen molar-refractivity contribution in [2.24, 2.45) is 5.73 Å². The monoisotopic (exact) mass is 258 g/mol. The van der Waals surface area contributed by atoms with E-state index in [-0.39, 0.29) is 0 Å². The van der Waals surface area contributed by atoms with E-state index in [9.17, 15) is 9.90 Å². The molecule has 0 radical (unpaired) electrons. The molecule has 0 atom stereocenters. The van der Waals surface area contributed by atoms with Crippen LogP contribution < -0.4 is 5.73 Å². The summed E-state index contributed by atoms with van der Waals surface area (Å²) < 4.78 is 0. The Labute approximate surface area is 112 Å². The van der Waals surface area contributed by atoms with Crippen LogP contribution in [0.4, 0.5) is 0 Å². The van der Waals surface area contributed by atoms with Crippen LogP contribution >= 0.6 is 0 Å². The van der Waals surface area contributed by atoms with Crippen LogP contribution in [0.25, 0.3) is 10.9 Å². The molecule has 0 aliphatic carbocycles. The SMILES string of the molecule is Cc1cc(C)c2nc(CCCN)cc(C(=O)O)c2c1. The summed E-state index contributed by atoms with van der Waals surface area (Å²) >= 11 is 0. The number of hydrogen-bond donors (Lipinski definition) is 2. The molecule has 0 bridgehead atoms.